The van der Waals surface area contributed by atoms with Crippen LogP contribution in [-0.4, -0.2) is 25.0 Å². The molecule has 150 valence electrons. The van der Waals surface area contributed by atoms with Gasteiger partial charge in [-0.05, 0) is 17.2 Å². The molecule has 1 fully saturated rings. The lowest BCUT2D eigenvalue weighted by molar-refractivity contribution is -0.161. The molecule has 2 aliphatic rings. The molecule has 3 heterocycles. The Balaban J connectivity index is 1.71. The SMILES string of the molecule is O=S1(=O)ON2CC(c3ccccc3)c3c([nH]c4ccccc34)C2(c2ccccc2)O1. The maximum absolute atomic E-state index is 12.5. The van der Waals surface area contributed by atoms with E-state index < -0.39 is 16.1 Å². The average molecular weight is 418 g/mol. The Kier molecular flexibility index (Phi) is 3.73. The summed E-state index contributed by atoms with van der Waals surface area (Å²) >= 11 is 0. The van der Waals surface area contributed by atoms with E-state index >= 15 is 0 Å². The molecule has 2 aliphatic heterocycles. The summed E-state index contributed by atoms with van der Waals surface area (Å²) in [4.78, 5) is 3.45. The average Bonchev–Trinajstić information content (AvgIpc) is 3.29. The van der Waals surface area contributed by atoms with Gasteiger partial charge in [-0.1, -0.05) is 78.9 Å². The molecule has 4 aromatic rings. The highest BCUT2D eigenvalue weighted by Gasteiger charge is 2.60. The first kappa shape index (κ1) is 17.9. The van der Waals surface area contributed by atoms with E-state index in [0.29, 0.717) is 17.8 Å². The molecule has 2 atom stereocenters. The van der Waals surface area contributed by atoms with Crippen molar-refractivity contribution in [2.45, 2.75) is 11.6 Å². The first-order valence-electron chi connectivity index (χ1n) is 9.73. The molecule has 6 rings (SSSR count). The van der Waals surface area contributed by atoms with E-state index in [1.165, 1.54) is 5.06 Å². The van der Waals surface area contributed by atoms with Crippen LogP contribution in [0.5, 0.6) is 0 Å². The molecular weight excluding hydrogens is 400 g/mol. The van der Waals surface area contributed by atoms with Crippen LogP contribution in [0.15, 0.2) is 84.9 Å². The number of aromatic nitrogens is 1. The second-order valence-corrected chi connectivity index (χ2v) is 8.69. The molecule has 2 unspecified atom stereocenters. The first-order valence-corrected chi connectivity index (χ1v) is 11.1. The van der Waals surface area contributed by atoms with Gasteiger partial charge >= 0.3 is 10.4 Å². The number of benzene rings is 3. The van der Waals surface area contributed by atoms with Crippen molar-refractivity contribution in [3.8, 4) is 0 Å². The predicted molar refractivity (Wildman–Crippen MR) is 112 cm³/mol. The fourth-order valence-electron chi connectivity index (χ4n) is 4.70. The molecule has 0 spiro atoms. The number of fused-ring (bicyclic) bond motifs is 5. The molecule has 0 saturated carbocycles. The Hall–Kier alpha value is -2.97. The third-order valence-electron chi connectivity index (χ3n) is 5.90. The highest BCUT2D eigenvalue weighted by Crippen LogP contribution is 2.53. The smallest absolute Gasteiger partial charge is 0.354 e. The summed E-state index contributed by atoms with van der Waals surface area (Å²) in [7, 11) is -4.22. The van der Waals surface area contributed by atoms with Crippen molar-refractivity contribution in [2.75, 3.05) is 6.54 Å². The quantitative estimate of drug-likeness (QED) is 0.532. The van der Waals surface area contributed by atoms with E-state index in [1.54, 1.807) is 0 Å². The normalized spacial score (nSPS) is 25.1. The fraction of sp³-hybridized carbons (Fsp3) is 0.130. The molecule has 0 amide bonds. The molecule has 3 aromatic carbocycles. The van der Waals surface area contributed by atoms with Crippen LogP contribution in [0.1, 0.15) is 28.3 Å². The molecule has 1 N–H and O–H groups in total. The van der Waals surface area contributed by atoms with E-state index in [0.717, 1.165) is 22.0 Å². The van der Waals surface area contributed by atoms with E-state index in [9.17, 15) is 8.42 Å². The third-order valence-corrected chi connectivity index (χ3v) is 6.71. The van der Waals surface area contributed by atoms with Crippen molar-refractivity contribution in [3.63, 3.8) is 0 Å². The van der Waals surface area contributed by atoms with Gasteiger partial charge < -0.3 is 4.98 Å². The van der Waals surface area contributed by atoms with Crippen molar-refractivity contribution in [2.24, 2.45) is 0 Å². The number of aromatic amines is 1. The standard InChI is InChI=1S/C23H18N2O4S/c26-30(27)28-23(17-11-5-2-6-12-17)22-21(18-13-7-8-14-20(18)24-22)19(15-25(23)29-30)16-9-3-1-4-10-16/h1-14,19,24H,15H2. The zero-order valence-corrected chi connectivity index (χ0v) is 16.7. The van der Waals surface area contributed by atoms with E-state index in [4.69, 9.17) is 8.47 Å². The maximum Gasteiger partial charge on any atom is 0.419 e. The summed E-state index contributed by atoms with van der Waals surface area (Å²) in [6.07, 6.45) is 0. The summed E-state index contributed by atoms with van der Waals surface area (Å²) < 4.78 is 36.2. The lowest BCUT2D eigenvalue weighted by Crippen LogP contribution is -2.49. The summed E-state index contributed by atoms with van der Waals surface area (Å²) in [6, 6.07) is 27.4. The van der Waals surface area contributed by atoms with Gasteiger partial charge in [0.15, 0.2) is 0 Å². The molecule has 0 radical (unpaired) electrons. The van der Waals surface area contributed by atoms with Crippen molar-refractivity contribution in [1.82, 2.24) is 10.0 Å². The number of hydrogen-bond donors (Lipinski definition) is 1. The van der Waals surface area contributed by atoms with Gasteiger partial charge in [-0.2, -0.15) is 12.7 Å². The minimum absolute atomic E-state index is 0.0916. The summed E-state index contributed by atoms with van der Waals surface area (Å²) in [5, 5.41) is 2.50. The van der Waals surface area contributed by atoms with Crippen molar-refractivity contribution < 1.29 is 16.9 Å². The van der Waals surface area contributed by atoms with E-state index in [-0.39, 0.29) is 5.92 Å². The Morgan fingerprint density at radius 1 is 0.900 bits per heavy atom. The highest BCUT2D eigenvalue weighted by molar-refractivity contribution is 7.82. The second kappa shape index (κ2) is 6.26. The largest absolute Gasteiger partial charge is 0.419 e. The monoisotopic (exact) mass is 418 g/mol. The summed E-state index contributed by atoms with van der Waals surface area (Å²) in [5.41, 5.74) is 2.99. The number of nitrogens with zero attached hydrogens (tertiary/aromatic N) is 1. The number of nitrogens with one attached hydrogen (secondary N) is 1. The molecule has 0 bridgehead atoms. The van der Waals surface area contributed by atoms with Crippen molar-refractivity contribution >= 4 is 21.3 Å². The minimum Gasteiger partial charge on any atom is -0.354 e. The number of hydroxylamine groups is 2. The van der Waals surface area contributed by atoms with Crippen molar-refractivity contribution in [1.29, 1.82) is 0 Å². The molecule has 6 nitrogen and oxygen atoms in total. The number of para-hydroxylation sites is 1. The van der Waals surface area contributed by atoms with Crippen molar-refractivity contribution in [3.05, 3.63) is 107 Å². The van der Waals surface area contributed by atoms with Crippen LogP contribution in [-0.2, 0) is 24.6 Å². The molecule has 30 heavy (non-hydrogen) atoms. The van der Waals surface area contributed by atoms with Crippen LogP contribution in [0.25, 0.3) is 10.9 Å². The van der Waals surface area contributed by atoms with Crippen LogP contribution < -0.4 is 0 Å². The first-order chi connectivity index (χ1) is 14.6. The van der Waals surface area contributed by atoms with Crippen LogP contribution >= 0.6 is 0 Å². The summed E-state index contributed by atoms with van der Waals surface area (Å²) in [6.45, 7) is 0.326. The Labute approximate surface area is 174 Å². The van der Waals surface area contributed by atoms with Crippen LogP contribution in [0, 0.1) is 0 Å². The zero-order valence-electron chi connectivity index (χ0n) is 15.9. The molecule has 1 saturated heterocycles. The predicted octanol–water partition coefficient (Wildman–Crippen LogP) is 4.02. The van der Waals surface area contributed by atoms with Gasteiger partial charge in [0.2, 0.25) is 5.72 Å². The van der Waals surface area contributed by atoms with Gasteiger partial charge in [0.25, 0.3) is 0 Å². The lowest BCUT2D eigenvalue weighted by atomic mass is 9.81. The Bertz CT molecular complexity index is 1350. The van der Waals surface area contributed by atoms with Crippen LogP contribution in [0.3, 0.4) is 0 Å². The van der Waals surface area contributed by atoms with Crippen LogP contribution in [0.2, 0.25) is 0 Å². The molecular formula is C23H18N2O4S. The van der Waals surface area contributed by atoms with Crippen LogP contribution in [0.4, 0.5) is 0 Å². The Morgan fingerprint density at radius 2 is 1.57 bits per heavy atom. The number of H-pyrrole nitrogens is 1. The molecule has 7 heteroatoms. The van der Waals surface area contributed by atoms with Gasteiger partial charge in [-0.3, -0.25) is 0 Å². The van der Waals surface area contributed by atoms with Gasteiger partial charge in [0, 0.05) is 28.9 Å². The molecule has 0 aliphatic carbocycles. The Morgan fingerprint density at radius 3 is 2.33 bits per heavy atom. The highest BCUT2D eigenvalue weighted by atomic mass is 32.3. The third kappa shape index (κ3) is 2.44. The van der Waals surface area contributed by atoms with Gasteiger partial charge in [0.1, 0.15) is 0 Å². The van der Waals surface area contributed by atoms with Gasteiger partial charge in [-0.15, -0.1) is 5.06 Å². The molecule has 1 aromatic heterocycles. The topological polar surface area (TPSA) is 71.6 Å². The minimum atomic E-state index is -4.22. The second-order valence-electron chi connectivity index (χ2n) is 7.56. The lowest BCUT2D eigenvalue weighted by Gasteiger charge is -2.40. The van der Waals surface area contributed by atoms with Gasteiger partial charge in [0.05, 0.1) is 5.69 Å². The summed E-state index contributed by atoms with van der Waals surface area (Å²) in [5.74, 6) is -0.0916. The number of rotatable bonds is 2. The van der Waals surface area contributed by atoms with E-state index in [1.807, 2.05) is 66.7 Å². The fourth-order valence-corrected chi connectivity index (χ4v) is 5.68. The maximum atomic E-state index is 12.5. The van der Waals surface area contributed by atoms with E-state index in [2.05, 4.69) is 23.2 Å². The van der Waals surface area contributed by atoms with Gasteiger partial charge in [-0.25, -0.2) is 4.18 Å². The zero-order chi connectivity index (χ0) is 20.3. The number of hydrogen-bond acceptors (Lipinski definition) is 5.